The third-order valence-corrected chi connectivity index (χ3v) is 3.05. The molecule has 0 spiro atoms. The van der Waals surface area contributed by atoms with Gasteiger partial charge in [0.2, 0.25) is 0 Å². The molecule has 0 aliphatic carbocycles. The van der Waals surface area contributed by atoms with Gasteiger partial charge in [-0.05, 0) is 32.0 Å². The van der Waals surface area contributed by atoms with E-state index in [2.05, 4.69) is 24.5 Å². The number of likely N-dealkylation sites (N-methyl/N-ethyl adjacent to an activating group) is 1. The van der Waals surface area contributed by atoms with E-state index in [4.69, 9.17) is 0 Å². The smallest absolute Gasteiger partial charge is 0.313 e. The second kappa shape index (κ2) is 8.27. The number of carbonyl (C=O) groups is 2. The summed E-state index contributed by atoms with van der Waals surface area (Å²) in [6.07, 6.45) is 0. The lowest BCUT2D eigenvalue weighted by Crippen LogP contribution is -3.12. The van der Waals surface area contributed by atoms with E-state index in [9.17, 15) is 14.0 Å². The summed E-state index contributed by atoms with van der Waals surface area (Å²) < 4.78 is 12.9. The molecule has 0 aromatic heterocycles. The molecular formula is C14H21FN3O2+. The van der Waals surface area contributed by atoms with Crippen LogP contribution in [0.3, 0.4) is 0 Å². The number of hydrogen-bond donors (Lipinski definition) is 3. The zero-order valence-corrected chi connectivity index (χ0v) is 11.8. The van der Waals surface area contributed by atoms with Gasteiger partial charge < -0.3 is 15.5 Å². The highest BCUT2D eigenvalue weighted by atomic mass is 19.1. The van der Waals surface area contributed by atoms with Crippen LogP contribution in [0.25, 0.3) is 0 Å². The van der Waals surface area contributed by atoms with Crippen LogP contribution in [0.15, 0.2) is 24.3 Å². The number of hydrogen-bond acceptors (Lipinski definition) is 2. The Morgan fingerprint density at radius 2 is 1.90 bits per heavy atom. The van der Waals surface area contributed by atoms with Crippen molar-refractivity contribution in [2.75, 3.05) is 31.5 Å². The number of benzene rings is 1. The van der Waals surface area contributed by atoms with Crippen molar-refractivity contribution in [3.05, 3.63) is 30.1 Å². The SMILES string of the molecule is CC[NH+](CC)CCNC(=O)C(=O)Nc1cccc(F)c1. The van der Waals surface area contributed by atoms with Gasteiger partial charge in [-0.2, -0.15) is 0 Å². The van der Waals surface area contributed by atoms with Crippen molar-refractivity contribution >= 4 is 17.5 Å². The van der Waals surface area contributed by atoms with Gasteiger partial charge >= 0.3 is 11.8 Å². The van der Waals surface area contributed by atoms with Crippen LogP contribution in [0.4, 0.5) is 10.1 Å². The number of rotatable bonds is 6. The topological polar surface area (TPSA) is 62.6 Å². The molecule has 1 aromatic carbocycles. The highest BCUT2D eigenvalue weighted by Gasteiger charge is 2.14. The van der Waals surface area contributed by atoms with E-state index in [1.165, 1.54) is 23.1 Å². The Morgan fingerprint density at radius 3 is 2.50 bits per heavy atom. The van der Waals surface area contributed by atoms with Crippen molar-refractivity contribution in [1.29, 1.82) is 0 Å². The molecule has 1 rings (SSSR count). The number of anilines is 1. The second-order valence-corrected chi connectivity index (χ2v) is 4.43. The van der Waals surface area contributed by atoms with Crippen molar-refractivity contribution in [3.8, 4) is 0 Å². The average molecular weight is 282 g/mol. The molecule has 0 unspecified atom stereocenters. The molecule has 3 N–H and O–H groups in total. The number of quaternary nitrogens is 1. The maximum atomic E-state index is 12.9. The Balaban J connectivity index is 2.38. The number of amides is 2. The Kier molecular flexibility index (Phi) is 6.66. The molecule has 0 radical (unpaired) electrons. The van der Waals surface area contributed by atoms with Gasteiger partial charge in [0.15, 0.2) is 0 Å². The van der Waals surface area contributed by atoms with Crippen LogP contribution in [0.2, 0.25) is 0 Å². The first-order valence-electron chi connectivity index (χ1n) is 6.75. The molecule has 0 aliphatic heterocycles. The molecule has 6 heteroatoms. The Morgan fingerprint density at radius 1 is 1.20 bits per heavy atom. The standard InChI is InChI=1S/C14H20FN3O2/c1-3-18(4-2)9-8-16-13(19)14(20)17-12-7-5-6-11(15)10-12/h5-7,10H,3-4,8-9H2,1-2H3,(H,16,19)(H,17,20)/p+1. The molecule has 0 heterocycles. The molecule has 0 saturated heterocycles. The number of carbonyl (C=O) groups excluding carboxylic acids is 2. The molecule has 5 nitrogen and oxygen atoms in total. The summed E-state index contributed by atoms with van der Waals surface area (Å²) in [6, 6.07) is 5.41. The summed E-state index contributed by atoms with van der Waals surface area (Å²) >= 11 is 0. The van der Waals surface area contributed by atoms with Gasteiger partial charge in [0.25, 0.3) is 0 Å². The van der Waals surface area contributed by atoms with Gasteiger partial charge in [-0.3, -0.25) is 9.59 Å². The van der Waals surface area contributed by atoms with E-state index in [-0.39, 0.29) is 5.69 Å². The van der Waals surface area contributed by atoms with Crippen LogP contribution in [-0.2, 0) is 9.59 Å². The minimum Gasteiger partial charge on any atom is -0.342 e. The van der Waals surface area contributed by atoms with Gasteiger partial charge in [0.05, 0.1) is 26.2 Å². The van der Waals surface area contributed by atoms with E-state index in [0.29, 0.717) is 6.54 Å². The van der Waals surface area contributed by atoms with Crippen LogP contribution >= 0.6 is 0 Å². The average Bonchev–Trinajstić information content (AvgIpc) is 2.43. The molecular weight excluding hydrogens is 261 g/mol. The molecule has 0 saturated carbocycles. The fourth-order valence-corrected chi connectivity index (χ4v) is 1.79. The van der Waals surface area contributed by atoms with E-state index in [0.717, 1.165) is 25.7 Å². The fourth-order valence-electron chi connectivity index (χ4n) is 1.79. The molecule has 0 bridgehead atoms. The monoisotopic (exact) mass is 282 g/mol. The van der Waals surface area contributed by atoms with E-state index < -0.39 is 17.6 Å². The predicted octanol–water partition coefficient (Wildman–Crippen LogP) is -0.195. The highest BCUT2D eigenvalue weighted by Crippen LogP contribution is 2.08. The van der Waals surface area contributed by atoms with E-state index in [1.54, 1.807) is 0 Å². The van der Waals surface area contributed by atoms with Crippen LogP contribution < -0.4 is 15.5 Å². The van der Waals surface area contributed by atoms with E-state index in [1.807, 2.05) is 0 Å². The zero-order valence-electron chi connectivity index (χ0n) is 11.8. The van der Waals surface area contributed by atoms with Gasteiger partial charge in [-0.15, -0.1) is 0 Å². The zero-order chi connectivity index (χ0) is 15.0. The largest absolute Gasteiger partial charge is 0.342 e. The lowest BCUT2D eigenvalue weighted by Gasteiger charge is -2.15. The Labute approximate surface area is 118 Å². The molecule has 0 atom stereocenters. The Hall–Kier alpha value is -1.95. The normalized spacial score (nSPS) is 10.4. The number of nitrogens with one attached hydrogen (secondary N) is 3. The first-order valence-corrected chi connectivity index (χ1v) is 6.75. The van der Waals surface area contributed by atoms with Crippen molar-refractivity contribution in [1.82, 2.24) is 5.32 Å². The first-order chi connectivity index (χ1) is 9.56. The quantitative estimate of drug-likeness (QED) is 0.633. The minimum atomic E-state index is -0.787. The van der Waals surface area contributed by atoms with Gasteiger partial charge in [-0.25, -0.2) is 4.39 Å². The molecule has 0 fully saturated rings. The lowest BCUT2D eigenvalue weighted by molar-refractivity contribution is -0.895. The third kappa shape index (κ3) is 5.36. The van der Waals surface area contributed by atoms with Gasteiger partial charge in [0.1, 0.15) is 5.82 Å². The highest BCUT2D eigenvalue weighted by molar-refractivity contribution is 6.39. The van der Waals surface area contributed by atoms with Crippen molar-refractivity contribution in [2.45, 2.75) is 13.8 Å². The van der Waals surface area contributed by atoms with Crippen LogP contribution in [0.5, 0.6) is 0 Å². The van der Waals surface area contributed by atoms with Gasteiger partial charge in [-0.1, -0.05) is 6.07 Å². The van der Waals surface area contributed by atoms with Crippen LogP contribution in [-0.4, -0.2) is 38.0 Å². The maximum Gasteiger partial charge on any atom is 0.313 e. The van der Waals surface area contributed by atoms with Crippen molar-refractivity contribution < 1.29 is 18.9 Å². The number of halogens is 1. The lowest BCUT2D eigenvalue weighted by atomic mass is 10.3. The van der Waals surface area contributed by atoms with Crippen molar-refractivity contribution in [3.63, 3.8) is 0 Å². The predicted molar refractivity (Wildman–Crippen MR) is 75.0 cm³/mol. The first kappa shape index (κ1) is 16.1. The summed E-state index contributed by atoms with van der Waals surface area (Å²) in [4.78, 5) is 24.5. The second-order valence-electron chi connectivity index (χ2n) is 4.43. The summed E-state index contributed by atoms with van der Waals surface area (Å²) in [5.41, 5.74) is 0.263. The molecule has 2 amide bonds. The minimum absolute atomic E-state index is 0.263. The molecule has 0 aliphatic rings. The Bertz CT molecular complexity index is 461. The fraction of sp³-hybridized carbons (Fsp3) is 0.429. The summed E-state index contributed by atoms with van der Waals surface area (Å²) in [6.45, 7) is 7.29. The molecule has 1 aromatic rings. The third-order valence-electron chi connectivity index (χ3n) is 3.05. The summed E-state index contributed by atoms with van der Waals surface area (Å²) in [5, 5.41) is 4.90. The van der Waals surface area contributed by atoms with E-state index >= 15 is 0 Å². The summed E-state index contributed by atoms with van der Waals surface area (Å²) in [5.74, 6) is -1.96. The molecule has 20 heavy (non-hydrogen) atoms. The maximum absolute atomic E-state index is 12.9. The van der Waals surface area contributed by atoms with Gasteiger partial charge in [0, 0.05) is 5.69 Å². The summed E-state index contributed by atoms with van der Waals surface area (Å²) in [7, 11) is 0. The van der Waals surface area contributed by atoms with Crippen LogP contribution in [0, 0.1) is 5.82 Å². The van der Waals surface area contributed by atoms with Crippen molar-refractivity contribution in [2.24, 2.45) is 0 Å². The molecule has 110 valence electrons. The van der Waals surface area contributed by atoms with Crippen LogP contribution in [0.1, 0.15) is 13.8 Å².